The first kappa shape index (κ1) is 8.65. The summed E-state index contributed by atoms with van der Waals surface area (Å²) in [6.45, 7) is 1.86. The molecular formula is C8H8BrN3O. The molecule has 5 heteroatoms. The third-order valence-electron chi connectivity index (χ3n) is 1.93. The van der Waals surface area contributed by atoms with Crippen LogP contribution in [-0.2, 0) is 6.61 Å². The lowest BCUT2D eigenvalue weighted by atomic mass is 10.4. The fraction of sp³-hybridized carbons (Fsp3) is 0.250. The number of rotatable bonds is 1. The molecule has 2 rings (SSSR count). The van der Waals surface area contributed by atoms with Crippen LogP contribution in [0.2, 0.25) is 0 Å². The second-order valence-corrected chi connectivity index (χ2v) is 3.55. The molecule has 2 aromatic heterocycles. The van der Waals surface area contributed by atoms with Crippen LogP contribution in [0, 0.1) is 6.92 Å². The molecule has 0 unspecified atom stereocenters. The number of fused-ring (bicyclic) bond motifs is 1. The van der Waals surface area contributed by atoms with E-state index in [1.807, 2.05) is 11.3 Å². The molecule has 0 spiro atoms. The minimum absolute atomic E-state index is 0.0105. The summed E-state index contributed by atoms with van der Waals surface area (Å²) in [5, 5.41) is 9.10. The summed E-state index contributed by atoms with van der Waals surface area (Å²) in [4.78, 5) is 8.29. The third-order valence-corrected chi connectivity index (χ3v) is 2.34. The van der Waals surface area contributed by atoms with E-state index in [2.05, 4.69) is 25.9 Å². The minimum atomic E-state index is -0.0105. The monoisotopic (exact) mass is 241 g/mol. The molecule has 0 aromatic carbocycles. The van der Waals surface area contributed by atoms with Crippen molar-refractivity contribution in [2.75, 3.05) is 0 Å². The molecule has 0 atom stereocenters. The largest absolute Gasteiger partial charge is 0.390 e. The summed E-state index contributed by atoms with van der Waals surface area (Å²) in [5.41, 5.74) is 2.39. The van der Waals surface area contributed by atoms with E-state index >= 15 is 0 Å². The number of imidazole rings is 1. The van der Waals surface area contributed by atoms with Crippen LogP contribution in [0.15, 0.2) is 17.0 Å². The molecule has 1 N–H and O–H groups in total. The van der Waals surface area contributed by atoms with Gasteiger partial charge in [-0.15, -0.1) is 0 Å². The summed E-state index contributed by atoms with van der Waals surface area (Å²) >= 11 is 3.26. The Kier molecular flexibility index (Phi) is 2.05. The molecule has 0 bridgehead atoms. The van der Waals surface area contributed by atoms with Gasteiger partial charge in [0.15, 0.2) is 5.65 Å². The van der Waals surface area contributed by atoms with Crippen LogP contribution in [0.1, 0.15) is 11.4 Å². The summed E-state index contributed by atoms with van der Waals surface area (Å²) in [6, 6.07) is 0. The molecular weight excluding hydrogens is 234 g/mol. The van der Waals surface area contributed by atoms with Gasteiger partial charge in [0.25, 0.3) is 0 Å². The van der Waals surface area contributed by atoms with Gasteiger partial charge in [-0.2, -0.15) is 0 Å². The number of halogens is 1. The van der Waals surface area contributed by atoms with Crippen LogP contribution >= 0.6 is 15.9 Å². The topological polar surface area (TPSA) is 50.4 Å². The minimum Gasteiger partial charge on any atom is -0.390 e. The quantitative estimate of drug-likeness (QED) is 0.819. The Balaban J connectivity index is 2.80. The highest BCUT2D eigenvalue weighted by Gasteiger charge is 2.07. The van der Waals surface area contributed by atoms with Crippen LogP contribution < -0.4 is 0 Å². The van der Waals surface area contributed by atoms with Crippen molar-refractivity contribution in [3.05, 3.63) is 28.4 Å². The van der Waals surface area contributed by atoms with Crippen molar-refractivity contribution in [1.82, 2.24) is 14.4 Å². The lowest BCUT2D eigenvalue weighted by Crippen LogP contribution is -1.94. The standard InChI is InChI=1S/C8H8BrN3O/c1-5-6(4-13)12-3-7(9)10-2-8(12)11-5/h2-3,13H,4H2,1H3. The molecule has 0 radical (unpaired) electrons. The maximum atomic E-state index is 9.10. The molecule has 0 fully saturated rings. The van der Waals surface area contributed by atoms with E-state index < -0.39 is 0 Å². The Hall–Kier alpha value is -0.940. The molecule has 0 aliphatic heterocycles. The zero-order valence-electron chi connectivity index (χ0n) is 7.03. The molecule has 2 aromatic rings. The summed E-state index contributed by atoms with van der Waals surface area (Å²) in [7, 11) is 0. The van der Waals surface area contributed by atoms with Gasteiger partial charge in [0, 0.05) is 6.20 Å². The second kappa shape index (κ2) is 3.08. The molecule has 0 aliphatic carbocycles. The number of hydrogen-bond acceptors (Lipinski definition) is 3. The number of aliphatic hydroxyl groups excluding tert-OH is 1. The van der Waals surface area contributed by atoms with E-state index in [9.17, 15) is 0 Å². The maximum absolute atomic E-state index is 9.10. The van der Waals surface area contributed by atoms with Gasteiger partial charge in [-0.05, 0) is 22.9 Å². The van der Waals surface area contributed by atoms with E-state index in [-0.39, 0.29) is 6.61 Å². The molecule has 0 saturated heterocycles. The molecule has 4 nitrogen and oxygen atoms in total. The van der Waals surface area contributed by atoms with E-state index in [4.69, 9.17) is 5.11 Å². The number of nitrogens with zero attached hydrogens (tertiary/aromatic N) is 3. The molecule has 0 saturated carbocycles. The molecule has 2 heterocycles. The summed E-state index contributed by atoms with van der Waals surface area (Å²) in [6.07, 6.45) is 3.46. The maximum Gasteiger partial charge on any atom is 0.155 e. The fourth-order valence-electron chi connectivity index (χ4n) is 1.29. The van der Waals surface area contributed by atoms with Crippen molar-refractivity contribution in [2.45, 2.75) is 13.5 Å². The smallest absolute Gasteiger partial charge is 0.155 e. The first-order chi connectivity index (χ1) is 6.22. The Morgan fingerprint density at radius 3 is 3.08 bits per heavy atom. The fourth-order valence-corrected chi connectivity index (χ4v) is 1.59. The van der Waals surface area contributed by atoms with Crippen molar-refractivity contribution in [3.8, 4) is 0 Å². The van der Waals surface area contributed by atoms with Gasteiger partial charge < -0.3 is 5.11 Å². The third kappa shape index (κ3) is 1.34. The summed E-state index contributed by atoms with van der Waals surface area (Å²) < 4.78 is 2.55. The molecule has 0 amide bonds. The van der Waals surface area contributed by atoms with Gasteiger partial charge in [0.2, 0.25) is 0 Å². The van der Waals surface area contributed by atoms with Gasteiger partial charge in [-0.3, -0.25) is 4.40 Å². The molecule has 13 heavy (non-hydrogen) atoms. The number of aromatic nitrogens is 3. The van der Waals surface area contributed by atoms with Gasteiger partial charge in [-0.1, -0.05) is 0 Å². The first-order valence-corrected chi connectivity index (χ1v) is 4.61. The van der Waals surface area contributed by atoms with Crippen LogP contribution in [0.5, 0.6) is 0 Å². The Morgan fingerprint density at radius 2 is 2.38 bits per heavy atom. The SMILES string of the molecule is Cc1nc2cnc(Br)cn2c1CO. The van der Waals surface area contributed by atoms with Crippen molar-refractivity contribution in [1.29, 1.82) is 0 Å². The number of aliphatic hydroxyl groups is 1. The van der Waals surface area contributed by atoms with E-state index in [1.165, 1.54) is 0 Å². The predicted octanol–water partition coefficient (Wildman–Crippen LogP) is 1.29. The molecule has 0 aliphatic rings. The zero-order valence-corrected chi connectivity index (χ0v) is 8.61. The Bertz CT molecular complexity index is 452. The van der Waals surface area contributed by atoms with Crippen LogP contribution in [0.3, 0.4) is 0 Å². The first-order valence-electron chi connectivity index (χ1n) is 3.82. The van der Waals surface area contributed by atoms with Crippen LogP contribution in [0.25, 0.3) is 5.65 Å². The Morgan fingerprint density at radius 1 is 1.62 bits per heavy atom. The van der Waals surface area contributed by atoms with Crippen molar-refractivity contribution in [2.24, 2.45) is 0 Å². The van der Waals surface area contributed by atoms with Crippen molar-refractivity contribution in [3.63, 3.8) is 0 Å². The van der Waals surface area contributed by atoms with Gasteiger partial charge in [-0.25, -0.2) is 9.97 Å². The van der Waals surface area contributed by atoms with Gasteiger partial charge in [0.05, 0.1) is 24.2 Å². The van der Waals surface area contributed by atoms with Gasteiger partial charge in [0.1, 0.15) is 4.60 Å². The molecule has 68 valence electrons. The van der Waals surface area contributed by atoms with Crippen LogP contribution in [-0.4, -0.2) is 19.5 Å². The average Bonchev–Trinajstić information content (AvgIpc) is 2.40. The summed E-state index contributed by atoms with van der Waals surface area (Å²) in [5.74, 6) is 0. The van der Waals surface area contributed by atoms with Crippen LogP contribution in [0.4, 0.5) is 0 Å². The Labute approximate surface area is 83.4 Å². The zero-order chi connectivity index (χ0) is 9.42. The number of aryl methyl sites for hydroxylation is 1. The lowest BCUT2D eigenvalue weighted by Gasteiger charge is -1.98. The van der Waals surface area contributed by atoms with Gasteiger partial charge >= 0.3 is 0 Å². The van der Waals surface area contributed by atoms with Crippen molar-refractivity contribution >= 4 is 21.6 Å². The highest BCUT2D eigenvalue weighted by atomic mass is 79.9. The van der Waals surface area contributed by atoms with E-state index in [1.54, 1.807) is 12.4 Å². The predicted molar refractivity (Wildman–Crippen MR) is 51.3 cm³/mol. The average molecular weight is 242 g/mol. The van der Waals surface area contributed by atoms with E-state index in [0.717, 1.165) is 21.6 Å². The normalized spacial score (nSPS) is 11.0. The van der Waals surface area contributed by atoms with Crippen molar-refractivity contribution < 1.29 is 5.11 Å². The second-order valence-electron chi connectivity index (χ2n) is 2.74. The highest BCUT2D eigenvalue weighted by molar-refractivity contribution is 9.10. The lowest BCUT2D eigenvalue weighted by molar-refractivity contribution is 0.275. The number of hydrogen-bond donors (Lipinski definition) is 1. The highest BCUT2D eigenvalue weighted by Crippen LogP contribution is 2.13. The van der Waals surface area contributed by atoms with E-state index in [0.29, 0.717) is 0 Å².